The summed E-state index contributed by atoms with van der Waals surface area (Å²) in [6.07, 6.45) is 7.32. The molecule has 118 valence electrons. The third-order valence-electron chi connectivity index (χ3n) is 5.11. The molecule has 0 atom stereocenters. The fourth-order valence-electron chi connectivity index (χ4n) is 3.81. The largest absolute Gasteiger partial charge is 0.315 e. The van der Waals surface area contributed by atoms with Gasteiger partial charge in [0.2, 0.25) is 10.0 Å². The Morgan fingerprint density at radius 1 is 1.24 bits per heavy atom. The minimum absolute atomic E-state index is 0.453. The van der Waals surface area contributed by atoms with Crippen LogP contribution in [0.5, 0.6) is 0 Å². The van der Waals surface area contributed by atoms with E-state index in [1.807, 2.05) is 12.4 Å². The number of nitrogens with one attached hydrogen (secondary N) is 1. The van der Waals surface area contributed by atoms with Gasteiger partial charge in [-0.15, -0.1) is 11.3 Å². The molecule has 1 saturated carbocycles. The fourth-order valence-corrected chi connectivity index (χ4v) is 6.68. The molecule has 0 bridgehead atoms. The minimum atomic E-state index is -3.31. The summed E-state index contributed by atoms with van der Waals surface area (Å²) in [5.74, 6) is 0. The molecule has 1 aromatic rings. The molecule has 1 aliphatic heterocycles. The second-order valence-electron chi connectivity index (χ2n) is 6.35. The van der Waals surface area contributed by atoms with Gasteiger partial charge in [-0.3, -0.25) is 0 Å². The topological polar surface area (TPSA) is 49.4 Å². The summed E-state index contributed by atoms with van der Waals surface area (Å²) < 4.78 is 27.4. The van der Waals surface area contributed by atoms with Crippen LogP contribution in [0.4, 0.5) is 0 Å². The maximum Gasteiger partial charge on any atom is 0.244 e. The van der Waals surface area contributed by atoms with Crippen molar-refractivity contribution in [1.29, 1.82) is 0 Å². The van der Waals surface area contributed by atoms with Crippen LogP contribution in [0.2, 0.25) is 0 Å². The van der Waals surface area contributed by atoms with E-state index < -0.39 is 10.0 Å². The molecule has 2 fully saturated rings. The van der Waals surface area contributed by atoms with E-state index in [4.69, 9.17) is 0 Å². The molecule has 3 rings (SSSR count). The molecule has 0 amide bonds. The van der Waals surface area contributed by atoms with E-state index in [1.54, 1.807) is 10.4 Å². The Hall–Kier alpha value is -0.430. The summed E-state index contributed by atoms with van der Waals surface area (Å²) >= 11 is 1.52. The van der Waals surface area contributed by atoms with Crippen molar-refractivity contribution in [3.8, 4) is 0 Å². The summed E-state index contributed by atoms with van der Waals surface area (Å²) in [4.78, 5) is 1.42. The molecule has 1 aromatic heterocycles. The lowest BCUT2D eigenvalue weighted by molar-refractivity contribution is 0.160. The number of rotatable bonds is 4. The summed E-state index contributed by atoms with van der Waals surface area (Å²) in [7, 11) is -1.47. The van der Waals surface area contributed by atoms with Gasteiger partial charge in [0.05, 0.1) is 4.90 Å². The van der Waals surface area contributed by atoms with Crippen LogP contribution >= 0.6 is 11.3 Å². The van der Waals surface area contributed by atoms with Crippen molar-refractivity contribution < 1.29 is 8.42 Å². The first-order valence-electron chi connectivity index (χ1n) is 7.79. The Morgan fingerprint density at radius 3 is 2.52 bits per heavy atom. The highest BCUT2D eigenvalue weighted by Crippen LogP contribution is 2.46. The minimum Gasteiger partial charge on any atom is -0.315 e. The Morgan fingerprint density at radius 2 is 1.90 bits per heavy atom. The van der Waals surface area contributed by atoms with Crippen molar-refractivity contribution >= 4 is 21.4 Å². The third kappa shape index (κ3) is 2.91. The van der Waals surface area contributed by atoms with Gasteiger partial charge in [0.15, 0.2) is 0 Å². The smallest absolute Gasteiger partial charge is 0.244 e. The van der Waals surface area contributed by atoms with Gasteiger partial charge in [-0.25, -0.2) is 8.42 Å². The van der Waals surface area contributed by atoms with E-state index in [0.29, 0.717) is 29.9 Å². The predicted molar refractivity (Wildman–Crippen MR) is 86.0 cm³/mol. The van der Waals surface area contributed by atoms with Crippen molar-refractivity contribution in [2.75, 3.05) is 20.1 Å². The Kier molecular flexibility index (Phi) is 4.41. The van der Waals surface area contributed by atoms with Crippen LogP contribution in [0.25, 0.3) is 0 Å². The molecular formula is C15H24N2O2S2. The van der Waals surface area contributed by atoms with Gasteiger partial charge >= 0.3 is 0 Å². The Labute approximate surface area is 131 Å². The van der Waals surface area contributed by atoms with E-state index in [9.17, 15) is 8.42 Å². The normalized spacial score (nSPS) is 22.9. The van der Waals surface area contributed by atoms with E-state index in [1.165, 1.54) is 37.0 Å². The summed E-state index contributed by atoms with van der Waals surface area (Å²) in [6.45, 7) is 2.00. The van der Waals surface area contributed by atoms with Gasteiger partial charge in [-0.05, 0) is 49.6 Å². The van der Waals surface area contributed by atoms with Crippen molar-refractivity contribution in [2.45, 2.75) is 50.0 Å². The van der Waals surface area contributed by atoms with Crippen LogP contribution in [0.1, 0.15) is 43.4 Å². The molecule has 2 aliphatic rings. The number of hydrogen-bond acceptors (Lipinski definition) is 4. The molecule has 1 saturated heterocycles. The van der Waals surface area contributed by atoms with Crippen LogP contribution in [-0.4, -0.2) is 32.9 Å². The van der Waals surface area contributed by atoms with E-state index >= 15 is 0 Å². The van der Waals surface area contributed by atoms with E-state index in [2.05, 4.69) is 5.32 Å². The predicted octanol–water partition coefficient (Wildman–Crippen LogP) is 2.81. The van der Waals surface area contributed by atoms with Crippen molar-refractivity contribution in [1.82, 2.24) is 9.62 Å². The van der Waals surface area contributed by atoms with Crippen LogP contribution < -0.4 is 5.32 Å². The molecule has 1 N–H and O–H groups in total. The highest BCUT2D eigenvalue weighted by molar-refractivity contribution is 7.89. The zero-order valence-electron chi connectivity index (χ0n) is 12.6. The Balaban J connectivity index is 1.75. The second-order valence-corrected chi connectivity index (χ2v) is 9.26. The standard InChI is InChI=1S/C15H24N2O2S2/c1-16-12-13-14(4-11-20-13)21(18,19)17-9-7-15(8-10-17)5-2-3-6-15/h4,11,16H,2-3,5-10,12H2,1H3. The van der Waals surface area contributed by atoms with Crippen LogP contribution in [0, 0.1) is 5.41 Å². The van der Waals surface area contributed by atoms with E-state index in [-0.39, 0.29) is 0 Å². The molecule has 1 spiro atoms. The van der Waals surface area contributed by atoms with Gasteiger partial charge in [0.25, 0.3) is 0 Å². The lowest BCUT2D eigenvalue weighted by Crippen LogP contribution is -2.42. The number of nitrogens with zero attached hydrogens (tertiary/aromatic N) is 1. The zero-order chi connectivity index (χ0) is 14.9. The second kappa shape index (κ2) is 5.99. The SMILES string of the molecule is CNCc1sccc1S(=O)(=O)N1CCC2(CCCC2)CC1. The number of piperidine rings is 1. The molecule has 0 aromatic carbocycles. The van der Waals surface area contributed by atoms with Gasteiger partial charge in [0.1, 0.15) is 0 Å². The number of hydrogen-bond donors (Lipinski definition) is 1. The lowest BCUT2D eigenvalue weighted by atomic mass is 9.78. The molecule has 6 heteroatoms. The van der Waals surface area contributed by atoms with Crippen LogP contribution in [0.3, 0.4) is 0 Å². The maximum atomic E-state index is 12.9. The van der Waals surface area contributed by atoms with Gasteiger partial charge in [-0.1, -0.05) is 12.8 Å². The highest BCUT2D eigenvalue weighted by Gasteiger charge is 2.40. The van der Waals surface area contributed by atoms with Gasteiger partial charge in [-0.2, -0.15) is 4.31 Å². The molecule has 1 aliphatic carbocycles. The molecule has 0 unspecified atom stereocenters. The molecule has 2 heterocycles. The van der Waals surface area contributed by atoms with Crippen molar-refractivity contribution in [3.05, 3.63) is 16.3 Å². The van der Waals surface area contributed by atoms with Gasteiger partial charge < -0.3 is 5.32 Å². The summed E-state index contributed by atoms with van der Waals surface area (Å²) in [5, 5.41) is 4.93. The quantitative estimate of drug-likeness (QED) is 0.924. The van der Waals surface area contributed by atoms with E-state index in [0.717, 1.165) is 17.7 Å². The van der Waals surface area contributed by atoms with Crippen LogP contribution in [-0.2, 0) is 16.6 Å². The monoisotopic (exact) mass is 328 g/mol. The molecule has 0 radical (unpaired) electrons. The first kappa shape index (κ1) is 15.5. The summed E-state index contributed by atoms with van der Waals surface area (Å²) in [5.41, 5.74) is 0.453. The fraction of sp³-hybridized carbons (Fsp3) is 0.733. The summed E-state index contributed by atoms with van der Waals surface area (Å²) in [6, 6.07) is 1.76. The third-order valence-corrected chi connectivity index (χ3v) is 8.14. The number of sulfonamides is 1. The lowest BCUT2D eigenvalue weighted by Gasteiger charge is -2.38. The first-order chi connectivity index (χ1) is 10.1. The zero-order valence-corrected chi connectivity index (χ0v) is 14.2. The van der Waals surface area contributed by atoms with Crippen LogP contribution in [0.15, 0.2) is 16.3 Å². The molecule has 4 nitrogen and oxygen atoms in total. The Bertz CT molecular complexity index is 579. The molecular weight excluding hydrogens is 304 g/mol. The number of thiophene rings is 1. The highest BCUT2D eigenvalue weighted by atomic mass is 32.2. The molecule has 21 heavy (non-hydrogen) atoms. The average Bonchev–Trinajstić information content (AvgIpc) is 3.10. The first-order valence-corrected chi connectivity index (χ1v) is 10.1. The van der Waals surface area contributed by atoms with Crippen molar-refractivity contribution in [3.63, 3.8) is 0 Å². The van der Waals surface area contributed by atoms with Crippen molar-refractivity contribution in [2.24, 2.45) is 5.41 Å². The average molecular weight is 329 g/mol. The van der Waals surface area contributed by atoms with Gasteiger partial charge in [0, 0.05) is 24.5 Å². The maximum absolute atomic E-state index is 12.9.